The first-order valence-electron chi connectivity index (χ1n) is 12.2. The Labute approximate surface area is 220 Å². The van der Waals surface area contributed by atoms with Crippen LogP contribution in [0.3, 0.4) is 0 Å². The monoisotopic (exact) mass is 568 g/mol. The molecule has 1 unspecified atom stereocenters. The van der Waals surface area contributed by atoms with E-state index in [2.05, 4.69) is 19.9 Å². The average molecular weight is 568 g/mol. The van der Waals surface area contributed by atoms with Gasteiger partial charge < -0.3 is 33.7 Å². The number of fused-ring (bicyclic) bond motifs is 1. The smallest absolute Gasteiger partial charge is 0.330 e. The summed E-state index contributed by atoms with van der Waals surface area (Å²) in [7, 11) is -3.75. The molecule has 17 heteroatoms. The van der Waals surface area contributed by atoms with Crippen LogP contribution in [-0.4, -0.2) is 83.6 Å². The van der Waals surface area contributed by atoms with Crippen LogP contribution in [0, 0.1) is 13.8 Å². The van der Waals surface area contributed by atoms with Gasteiger partial charge in [-0.15, -0.1) is 0 Å². The van der Waals surface area contributed by atoms with E-state index in [1.165, 1.54) is 30.7 Å². The Kier molecular flexibility index (Phi) is 7.45. The lowest BCUT2D eigenvalue weighted by atomic mass is 10.2. The maximum absolute atomic E-state index is 13.2. The number of hydrogen-bond donors (Lipinski definition) is 4. The first-order valence-corrected chi connectivity index (χ1v) is 14.2. The molecule has 0 saturated carbocycles. The van der Waals surface area contributed by atoms with Crippen LogP contribution in [0.4, 0.5) is 0 Å². The van der Waals surface area contributed by atoms with Crippen molar-refractivity contribution in [1.82, 2.24) is 29.1 Å². The van der Waals surface area contributed by atoms with Gasteiger partial charge in [0.1, 0.15) is 30.5 Å². The Morgan fingerprint density at radius 3 is 2.56 bits per heavy atom. The molecule has 2 aliphatic rings. The number of aliphatic hydroxyl groups is 2. The Bertz CT molecular complexity index is 1600. The van der Waals surface area contributed by atoms with Crippen molar-refractivity contribution < 1.29 is 33.3 Å². The number of H-pyrrole nitrogens is 2. The van der Waals surface area contributed by atoms with Gasteiger partial charge in [0, 0.05) is 31.3 Å². The summed E-state index contributed by atoms with van der Waals surface area (Å²) < 4.78 is 38.8. The molecule has 0 amide bonds. The number of aromatic nitrogens is 6. The van der Waals surface area contributed by atoms with Crippen molar-refractivity contribution in [1.29, 1.82) is 0 Å². The average Bonchev–Trinajstić information content (AvgIpc) is 3.56. The van der Waals surface area contributed by atoms with Gasteiger partial charge in [0.2, 0.25) is 0 Å². The normalized spacial score (nSPS) is 28.7. The van der Waals surface area contributed by atoms with Crippen LogP contribution in [0.15, 0.2) is 26.9 Å². The number of aliphatic hydroxyl groups excluding tert-OH is 2. The van der Waals surface area contributed by atoms with Gasteiger partial charge in [0.15, 0.2) is 11.2 Å². The van der Waals surface area contributed by atoms with E-state index in [0.717, 1.165) is 0 Å². The SMILES string of the molecule is Cc1nc2c(ncn2[C@H]2C[C@@H](OP(C)(=O)OC[C@H]3O[C@@H](n4cc(C)c(=O)[nH]c4=O)C[C@H]3O)[C@@H](CO)O2)c(=O)[nH]1. The fraction of sp³-hybridized carbons (Fsp3) is 0.591. The van der Waals surface area contributed by atoms with Crippen molar-refractivity contribution in [3.8, 4) is 0 Å². The lowest BCUT2D eigenvalue weighted by Crippen LogP contribution is -2.33. The highest BCUT2D eigenvalue weighted by Crippen LogP contribution is 2.49. The molecule has 2 fully saturated rings. The largest absolute Gasteiger partial charge is 0.394 e. The number of nitrogens with one attached hydrogen (secondary N) is 2. The van der Waals surface area contributed by atoms with Gasteiger partial charge in [-0.2, -0.15) is 0 Å². The summed E-state index contributed by atoms with van der Waals surface area (Å²) in [4.78, 5) is 49.1. The van der Waals surface area contributed by atoms with E-state index in [-0.39, 0.29) is 25.0 Å². The van der Waals surface area contributed by atoms with Gasteiger partial charge in [0.05, 0.1) is 31.7 Å². The second kappa shape index (κ2) is 10.5. The Balaban J connectivity index is 1.23. The molecule has 0 aliphatic carbocycles. The summed E-state index contributed by atoms with van der Waals surface area (Å²) in [5, 5.41) is 20.3. The second-order valence-corrected chi connectivity index (χ2v) is 11.7. The van der Waals surface area contributed by atoms with Gasteiger partial charge in [-0.1, -0.05) is 0 Å². The number of rotatable bonds is 8. The van der Waals surface area contributed by atoms with E-state index in [9.17, 15) is 29.2 Å². The van der Waals surface area contributed by atoms with Gasteiger partial charge >= 0.3 is 13.3 Å². The summed E-state index contributed by atoms with van der Waals surface area (Å²) in [5.41, 5.74) is -0.860. The van der Waals surface area contributed by atoms with Gasteiger partial charge in [-0.05, 0) is 13.8 Å². The molecule has 0 aromatic carbocycles. The zero-order chi connectivity index (χ0) is 28.1. The van der Waals surface area contributed by atoms with E-state index < -0.39 is 67.9 Å². The van der Waals surface area contributed by atoms with Crippen molar-refractivity contribution in [2.75, 3.05) is 19.9 Å². The third-order valence-corrected chi connectivity index (χ3v) is 7.95. The third-order valence-electron chi connectivity index (χ3n) is 6.68. The van der Waals surface area contributed by atoms with Crippen LogP contribution in [0.2, 0.25) is 0 Å². The highest BCUT2D eigenvalue weighted by Gasteiger charge is 2.42. The standard InChI is InChI=1S/C22H29N6O10P/c1-10-6-27(22(33)26-20(10)31)16-4-12(30)15(37-16)8-35-39(3,34)38-13-5-17(36-14(13)7-29)28-9-23-18-19(28)24-11(2)25-21(18)32/h6,9,12-17,29-30H,4-5,7-8H2,1-3H3,(H,24,25,32)(H,26,31,33)/t12-,13-,14-,15-,16-,17-,39?/m1/s1. The minimum absolute atomic E-state index is 0.0498. The number of imidazole rings is 1. The van der Waals surface area contributed by atoms with E-state index in [1.54, 1.807) is 11.5 Å². The van der Waals surface area contributed by atoms with Gasteiger partial charge in [-0.25, -0.2) is 14.8 Å². The molecule has 4 N–H and O–H groups in total. The lowest BCUT2D eigenvalue weighted by Gasteiger charge is -2.23. The van der Waals surface area contributed by atoms with Crippen LogP contribution in [0.1, 0.15) is 36.7 Å². The molecule has 5 heterocycles. The summed E-state index contributed by atoms with van der Waals surface area (Å²) in [5.74, 6) is 0.393. The Morgan fingerprint density at radius 2 is 1.82 bits per heavy atom. The number of aryl methyl sites for hydroxylation is 2. The van der Waals surface area contributed by atoms with E-state index in [1.807, 2.05) is 0 Å². The molecule has 3 aromatic rings. The quantitative estimate of drug-likeness (QED) is 0.252. The Morgan fingerprint density at radius 1 is 1.10 bits per heavy atom. The van der Waals surface area contributed by atoms with Crippen molar-refractivity contribution in [3.05, 3.63) is 55.1 Å². The van der Waals surface area contributed by atoms with Gasteiger partial charge in [0.25, 0.3) is 11.1 Å². The first-order chi connectivity index (χ1) is 18.5. The summed E-state index contributed by atoms with van der Waals surface area (Å²) in [6.45, 7) is 3.69. The number of hydrogen-bond acceptors (Lipinski definition) is 12. The summed E-state index contributed by atoms with van der Waals surface area (Å²) >= 11 is 0. The summed E-state index contributed by atoms with van der Waals surface area (Å²) in [6, 6.07) is 0. The molecule has 0 radical (unpaired) electrons. The van der Waals surface area contributed by atoms with E-state index >= 15 is 0 Å². The molecule has 2 aliphatic heterocycles. The minimum atomic E-state index is -3.75. The minimum Gasteiger partial charge on any atom is -0.394 e. The van der Waals surface area contributed by atoms with Crippen LogP contribution in [0.5, 0.6) is 0 Å². The molecule has 3 aromatic heterocycles. The maximum atomic E-state index is 13.2. The topological polar surface area (TPSA) is 213 Å². The number of nitrogens with zero attached hydrogens (tertiary/aromatic N) is 4. The molecule has 2 saturated heterocycles. The van der Waals surface area contributed by atoms with Gasteiger partial charge in [-0.3, -0.25) is 28.3 Å². The molecule has 0 bridgehead atoms. The fourth-order valence-corrected chi connectivity index (χ4v) is 5.91. The highest BCUT2D eigenvalue weighted by atomic mass is 31.2. The molecule has 16 nitrogen and oxygen atoms in total. The predicted octanol–water partition coefficient (Wildman–Crippen LogP) is -0.560. The van der Waals surface area contributed by atoms with E-state index in [0.29, 0.717) is 17.0 Å². The zero-order valence-electron chi connectivity index (χ0n) is 21.3. The van der Waals surface area contributed by atoms with Crippen LogP contribution >= 0.6 is 7.60 Å². The van der Waals surface area contributed by atoms with Crippen molar-refractivity contribution in [2.45, 2.75) is 63.6 Å². The molecule has 39 heavy (non-hydrogen) atoms. The van der Waals surface area contributed by atoms with Crippen molar-refractivity contribution in [2.24, 2.45) is 0 Å². The molecule has 7 atom stereocenters. The van der Waals surface area contributed by atoms with Crippen LogP contribution in [0.25, 0.3) is 11.2 Å². The third kappa shape index (κ3) is 5.54. The molecular formula is C22H29N6O10P. The molecule has 0 spiro atoms. The number of aromatic amines is 2. The zero-order valence-corrected chi connectivity index (χ0v) is 22.2. The molecule has 5 rings (SSSR count). The predicted molar refractivity (Wildman–Crippen MR) is 133 cm³/mol. The first kappa shape index (κ1) is 27.6. The number of ether oxygens (including phenoxy) is 2. The summed E-state index contributed by atoms with van der Waals surface area (Å²) in [6.07, 6.45) is -2.24. The van der Waals surface area contributed by atoms with Crippen LogP contribution < -0.4 is 16.8 Å². The highest BCUT2D eigenvalue weighted by molar-refractivity contribution is 7.53. The van der Waals surface area contributed by atoms with Crippen LogP contribution in [-0.2, 0) is 23.1 Å². The fourth-order valence-electron chi connectivity index (χ4n) is 4.71. The molecular weight excluding hydrogens is 539 g/mol. The van der Waals surface area contributed by atoms with E-state index in [4.69, 9.17) is 18.5 Å². The van der Waals surface area contributed by atoms with Crippen molar-refractivity contribution >= 4 is 18.8 Å². The Hall–Kier alpha value is -2.98. The molecule has 212 valence electrons. The maximum Gasteiger partial charge on any atom is 0.330 e. The van der Waals surface area contributed by atoms with Crippen molar-refractivity contribution in [3.63, 3.8) is 0 Å². The second-order valence-electron chi connectivity index (χ2n) is 9.64. The lowest BCUT2D eigenvalue weighted by molar-refractivity contribution is -0.0510.